The van der Waals surface area contributed by atoms with Gasteiger partial charge in [-0.15, -0.1) is 0 Å². The molecule has 3 aromatic rings. The van der Waals surface area contributed by atoms with Gasteiger partial charge in [-0.2, -0.15) is 0 Å². The van der Waals surface area contributed by atoms with E-state index in [0.29, 0.717) is 22.1 Å². The molecule has 1 aliphatic rings. The zero-order valence-electron chi connectivity index (χ0n) is 14.5. The number of hydrogen-bond acceptors (Lipinski definition) is 4. The van der Waals surface area contributed by atoms with Crippen LogP contribution in [0.15, 0.2) is 47.5 Å². The van der Waals surface area contributed by atoms with E-state index in [9.17, 15) is 19.1 Å². The molecule has 0 bridgehead atoms. The summed E-state index contributed by atoms with van der Waals surface area (Å²) in [5, 5.41) is 12.7. The maximum Gasteiger partial charge on any atom is 0.339 e. The summed E-state index contributed by atoms with van der Waals surface area (Å²) in [7, 11) is 0. The molecular formula is C20H15ClFN3O3. The van der Waals surface area contributed by atoms with Gasteiger partial charge in [-0.3, -0.25) is 9.78 Å². The summed E-state index contributed by atoms with van der Waals surface area (Å²) in [4.78, 5) is 30.8. The highest BCUT2D eigenvalue weighted by Gasteiger charge is 2.29. The number of carboxylic acid groups (broad SMARTS) is 1. The zero-order chi connectivity index (χ0) is 19.8. The second-order valence-electron chi connectivity index (χ2n) is 6.59. The highest BCUT2D eigenvalue weighted by molar-refractivity contribution is 6.30. The van der Waals surface area contributed by atoms with Crippen LogP contribution >= 0.6 is 11.6 Å². The first-order chi connectivity index (χ1) is 13.4. The number of aromatic carboxylic acids is 1. The minimum absolute atomic E-state index is 0.00840. The van der Waals surface area contributed by atoms with Gasteiger partial charge in [-0.05, 0) is 43.2 Å². The van der Waals surface area contributed by atoms with Gasteiger partial charge in [0, 0.05) is 34.6 Å². The molecule has 142 valence electrons. The van der Waals surface area contributed by atoms with E-state index in [2.05, 4.69) is 15.3 Å². The van der Waals surface area contributed by atoms with E-state index in [1.807, 2.05) is 0 Å². The SMILES string of the molecule is O=C(O)c1cnccc1Nc1cc(-c2cc(Cl)ccc2F)c(=O)[nH]c1C1CC1. The molecular weight excluding hydrogens is 385 g/mol. The number of aromatic amines is 1. The number of anilines is 2. The Labute approximate surface area is 164 Å². The van der Waals surface area contributed by atoms with Gasteiger partial charge >= 0.3 is 5.97 Å². The van der Waals surface area contributed by atoms with Gasteiger partial charge < -0.3 is 15.4 Å². The van der Waals surface area contributed by atoms with Crippen LogP contribution in [0.1, 0.15) is 34.8 Å². The van der Waals surface area contributed by atoms with Crippen LogP contribution in [0.3, 0.4) is 0 Å². The molecule has 6 nitrogen and oxygen atoms in total. The third-order valence-corrected chi connectivity index (χ3v) is 4.83. The van der Waals surface area contributed by atoms with E-state index in [-0.39, 0.29) is 22.6 Å². The van der Waals surface area contributed by atoms with Crippen molar-refractivity contribution in [2.45, 2.75) is 18.8 Å². The molecule has 3 N–H and O–H groups in total. The molecule has 2 heterocycles. The number of nitrogens with one attached hydrogen (secondary N) is 2. The summed E-state index contributed by atoms with van der Waals surface area (Å²) in [6.45, 7) is 0. The van der Waals surface area contributed by atoms with Gasteiger partial charge in [0.2, 0.25) is 0 Å². The number of carboxylic acids is 1. The first-order valence-electron chi connectivity index (χ1n) is 8.61. The lowest BCUT2D eigenvalue weighted by molar-refractivity contribution is 0.0697. The molecule has 0 spiro atoms. The Kier molecular flexibility index (Phi) is 4.60. The van der Waals surface area contributed by atoms with Crippen molar-refractivity contribution in [3.05, 3.63) is 75.2 Å². The number of pyridine rings is 2. The Hall–Kier alpha value is -3.19. The minimum atomic E-state index is -1.13. The normalized spacial score (nSPS) is 13.4. The Bertz CT molecular complexity index is 1140. The topological polar surface area (TPSA) is 95.1 Å². The van der Waals surface area contributed by atoms with Crippen molar-refractivity contribution in [2.24, 2.45) is 0 Å². The van der Waals surface area contributed by atoms with Crippen molar-refractivity contribution in [3.8, 4) is 11.1 Å². The van der Waals surface area contributed by atoms with Gasteiger partial charge in [0.05, 0.1) is 16.9 Å². The lowest BCUT2D eigenvalue weighted by Gasteiger charge is -2.15. The second-order valence-corrected chi connectivity index (χ2v) is 7.03. The van der Waals surface area contributed by atoms with Crippen LogP contribution in [0.25, 0.3) is 11.1 Å². The Morgan fingerprint density at radius 3 is 2.71 bits per heavy atom. The first-order valence-corrected chi connectivity index (χ1v) is 8.99. The number of H-pyrrole nitrogens is 1. The van der Waals surface area contributed by atoms with Crippen LogP contribution in [-0.4, -0.2) is 21.0 Å². The fourth-order valence-electron chi connectivity index (χ4n) is 3.06. The van der Waals surface area contributed by atoms with Crippen molar-refractivity contribution in [2.75, 3.05) is 5.32 Å². The van der Waals surface area contributed by atoms with Crippen molar-refractivity contribution in [3.63, 3.8) is 0 Å². The lowest BCUT2D eigenvalue weighted by atomic mass is 10.0. The standard InChI is InChI=1S/C20H15ClFN3O3/c21-11-3-4-15(22)12(7-11)13-8-17(18(10-1-2-10)25-19(13)26)24-16-5-6-23-9-14(16)20(27)28/h3-10H,1-2H2,(H,23,24)(H,25,26)(H,27,28). The van der Waals surface area contributed by atoms with Crippen molar-refractivity contribution < 1.29 is 14.3 Å². The lowest BCUT2D eigenvalue weighted by Crippen LogP contribution is -2.15. The zero-order valence-corrected chi connectivity index (χ0v) is 15.3. The van der Waals surface area contributed by atoms with E-state index < -0.39 is 17.3 Å². The van der Waals surface area contributed by atoms with Gasteiger partial charge in [0.1, 0.15) is 11.4 Å². The molecule has 8 heteroatoms. The highest BCUT2D eigenvalue weighted by atomic mass is 35.5. The number of nitrogens with zero attached hydrogens (tertiary/aromatic N) is 1. The molecule has 0 aliphatic heterocycles. The van der Waals surface area contributed by atoms with Gasteiger partial charge in [-0.1, -0.05) is 11.6 Å². The summed E-state index contributed by atoms with van der Waals surface area (Å²) < 4.78 is 14.3. The summed E-state index contributed by atoms with van der Waals surface area (Å²) >= 11 is 5.97. The van der Waals surface area contributed by atoms with Crippen LogP contribution in [-0.2, 0) is 0 Å². The summed E-state index contributed by atoms with van der Waals surface area (Å²) in [5.74, 6) is -1.53. The number of rotatable bonds is 5. The number of benzene rings is 1. The van der Waals surface area contributed by atoms with Gasteiger partial charge in [0.25, 0.3) is 5.56 Å². The number of halogens is 2. The summed E-state index contributed by atoms with van der Waals surface area (Å²) in [5.41, 5.74) is 1.27. The predicted octanol–water partition coefficient (Wildman–Crippen LogP) is 4.55. The van der Waals surface area contributed by atoms with E-state index in [0.717, 1.165) is 12.8 Å². The molecule has 0 unspecified atom stereocenters. The van der Waals surface area contributed by atoms with E-state index in [4.69, 9.17) is 11.6 Å². The monoisotopic (exact) mass is 399 g/mol. The van der Waals surface area contributed by atoms with E-state index in [1.54, 1.807) is 0 Å². The molecule has 2 aromatic heterocycles. The third kappa shape index (κ3) is 3.48. The molecule has 0 radical (unpaired) electrons. The average Bonchev–Trinajstić information content (AvgIpc) is 3.50. The predicted molar refractivity (Wildman–Crippen MR) is 104 cm³/mol. The molecule has 0 saturated heterocycles. The average molecular weight is 400 g/mol. The van der Waals surface area contributed by atoms with Crippen LogP contribution in [0.4, 0.5) is 15.8 Å². The third-order valence-electron chi connectivity index (χ3n) is 4.60. The Morgan fingerprint density at radius 2 is 2.00 bits per heavy atom. The van der Waals surface area contributed by atoms with Crippen LogP contribution in [0.5, 0.6) is 0 Å². The molecule has 4 rings (SSSR count). The molecule has 1 aromatic carbocycles. The molecule has 1 aliphatic carbocycles. The Balaban J connectivity index is 1.86. The number of carbonyl (C=O) groups is 1. The maximum absolute atomic E-state index is 14.3. The maximum atomic E-state index is 14.3. The molecule has 0 amide bonds. The summed E-state index contributed by atoms with van der Waals surface area (Å²) in [6, 6.07) is 7.06. The molecule has 1 fully saturated rings. The molecule has 28 heavy (non-hydrogen) atoms. The van der Waals surface area contributed by atoms with Gasteiger partial charge in [-0.25, -0.2) is 9.18 Å². The Morgan fingerprint density at radius 1 is 1.21 bits per heavy atom. The van der Waals surface area contributed by atoms with Crippen molar-refractivity contribution >= 4 is 28.9 Å². The quantitative estimate of drug-likeness (QED) is 0.585. The van der Waals surface area contributed by atoms with E-state index in [1.165, 1.54) is 42.7 Å². The largest absolute Gasteiger partial charge is 0.478 e. The fourth-order valence-corrected chi connectivity index (χ4v) is 3.24. The van der Waals surface area contributed by atoms with Crippen LogP contribution < -0.4 is 10.9 Å². The number of hydrogen-bond donors (Lipinski definition) is 3. The van der Waals surface area contributed by atoms with Crippen molar-refractivity contribution in [1.29, 1.82) is 0 Å². The molecule has 0 atom stereocenters. The van der Waals surface area contributed by atoms with Crippen molar-refractivity contribution in [1.82, 2.24) is 9.97 Å². The highest BCUT2D eigenvalue weighted by Crippen LogP contribution is 2.43. The second kappa shape index (κ2) is 7.09. The number of aromatic nitrogens is 2. The first kappa shape index (κ1) is 18.2. The van der Waals surface area contributed by atoms with Crippen LogP contribution in [0.2, 0.25) is 5.02 Å². The fraction of sp³-hybridized carbons (Fsp3) is 0.150. The minimum Gasteiger partial charge on any atom is -0.478 e. The molecule has 1 saturated carbocycles. The smallest absolute Gasteiger partial charge is 0.339 e. The van der Waals surface area contributed by atoms with E-state index >= 15 is 0 Å². The summed E-state index contributed by atoms with van der Waals surface area (Å²) in [6.07, 6.45) is 4.54. The van der Waals surface area contributed by atoms with Crippen LogP contribution in [0, 0.1) is 5.82 Å². The van der Waals surface area contributed by atoms with Gasteiger partial charge in [0.15, 0.2) is 0 Å².